The first-order valence-corrected chi connectivity index (χ1v) is 9.62. The Kier molecular flexibility index (Phi) is 4.08. The van der Waals surface area contributed by atoms with Crippen LogP contribution in [0.3, 0.4) is 0 Å². The third-order valence-corrected chi connectivity index (χ3v) is 5.69. The van der Waals surface area contributed by atoms with Crippen molar-refractivity contribution in [1.29, 1.82) is 0 Å². The maximum Gasteiger partial charge on any atom is 0.319 e. The molecule has 29 heavy (non-hydrogen) atoms. The number of benzene rings is 2. The molecule has 2 aromatic rings. The molecule has 1 atom stereocenters. The van der Waals surface area contributed by atoms with Gasteiger partial charge in [-0.1, -0.05) is 0 Å². The van der Waals surface area contributed by atoms with Gasteiger partial charge in [-0.3, -0.25) is 4.79 Å². The molecule has 3 N–H and O–H groups in total. The van der Waals surface area contributed by atoms with Crippen LogP contribution in [0.5, 0.6) is 11.5 Å². The molecule has 0 saturated heterocycles. The van der Waals surface area contributed by atoms with Crippen molar-refractivity contribution in [1.82, 2.24) is 5.32 Å². The number of rotatable bonds is 2. The standard InChI is InChI=1S/C21H20FN3O4/c22-12-2-4-17-14(8-12)16(10-21(29-17)6-1-7-21)25-20(27)23-13-3-5-18-15(9-13)24-19(26)11-28-18/h2-5,8-9,16H,1,6-7,10-11H2,(H,24,26)(H2,23,25,27)/t16-/m1/s1. The molecule has 1 saturated carbocycles. The van der Waals surface area contributed by atoms with Gasteiger partial charge < -0.3 is 25.4 Å². The molecule has 5 rings (SSSR count). The summed E-state index contributed by atoms with van der Waals surface area (Å²) in [7, 11) is 0. The van der Waals surface area contributed by atoms with Crippen molar-refractivity contribution >= 4 is 23.3 Å². The lowest BCUT2D eigenvalue weighted by atomic mass is 9.73. The Labute approximate surface area is 166 Å². The molecule has 8 heteroatoms. The number of carbonyl (C=O) groups is 2. The zero-order valence-electron chi connectivity index (χ0n) is 15.6. The third kappa shape index (κ3) is 3.35. The largest absolute Gasteiger partial charge is 0.487 e. The van der Waals surface area contributed by atoms with Gasteiger partial charge in [0.15, 0.2) is 6.61 Å². The van der Waals surface area contributed by atoms with E-state index in [2.05, 4.69) is 16.0 Å². The molecule has 3 aliphatic rings. The summed E-state index contributed by atoms with van der Waals surface area (Å²) in [5.74, 6) is 0.563. The van der Waals surface area contributed by atoms with Gasteiger partial charge in [0.25, 0.3) is 5.91 Å². The van der Waals surface area contributed by atoms with Gasteiger partial charge in [-0.05, 0) is 55.7 Å². The van der Waals surface area contributed by atoms with E-state index < -0.39 is 6.03 Å². The molecule has 2 heterocycles. The van der Waals surface area contributed by atoms with Gasteiger partial charge in [0.1, 0.15) is 22.9 Å². The first-order valence-electron chi connectivity index (χ1n) is 9.62. The number of carbonyl (C=O) groups excluding carboxylic acids is 2. The van der Waals surface area contributed by atoms with Gasteiger partial charge in [-0.2, -0.15) is 0 Å². The third-order valence-electron chi connectivity index (χ3n) is 5.69. The number of amides is 3. The predicted octanol–water partition coefficient (Wildman–Crippen LogP) is 3.72. The summed E-state index contributed by atoms with van der Waals surface area (Å²) in [6.07, 6.45) is 3.53. The molecule has 0 aromatic heterocycles. The van der Waals surface area contributed by atoms with Crippen molar-refractivity contribution in [3.63, 3.8) is 0 Å². The van der Waals surface area contributed by atoms with Gasteiger partial charge in [0.05, 0.1) is 11.7 Å². The molecule has 1 fully saturated rings. The minimum absolute atomic E-state index is 0.0261. The second-order valence-corrected chi connectivity index (χ2v) is 7.72. The topological polar surface area (TPSA) is 88.7 Å². The Balaban J connectivity index is 1.33. The number of halogens is 1. The molecule has 150 valence electrons. The summed E-state index contributed by atoms with van der Waals surface area (Å²) in [4.78, 5) is 24.1. The van der Waals surface area contributed by atoms with Gasteiger partial charge in [-0.15, -0.1) is 0 Å². The van der Waals surface area contributed by atoms with Gasteiger partial charge in [0, 0.05) is 17.7 Å². The number of ether oxygens (including phenoxy) is 2. The lowest BCUT2D eigenvalue weighted by Crippen LogP contribution is -2.50. The van der Waals surface area contributed by atoms with E-state index in [0.29, 0.717) is 34.9 Å². The molecule has 2 aliphatic heterocycles. The summed E-state index contributed by atoms with van der Waals surface area (Å²) in [5.41, 5.74) is 1.38. The SMILES string of the molecule is O=C1COc2ccc(NC(=O)N[C@@H]3CC4(CCC4)Oc4ccc(F)cc43)cc2N1. The summed E-state index contributed by atoms with van der Waals surface area (Å²) >= 11 is 0. The molecule has 3 amide bonds. The molecular formula is C21H20FN3O4. The van der Waals surface area contributed by atoms with E-state index in [4.69, 9.17) is 9.47 Å². The van der Waals surface area contributed by atoms with Crippen LogP contribution < -0.4 is 25.4 Å². The van der Waals surface area contributed by atoms with Crippen LogP contribution in [0.15, 0.2) is 36.4 Å². The molecule has 0 bridgehead atoms. The van der Waals surface area contributed by atoms with Gasteiger partial charge >= 0.3 is 6.03 Å². The lowest BCUT2D eigenvalue weighted by Gasteiger charge is -2.48. The minimum Gasteiger partial charge on any atom is -0.487 e. The lowest BCUT2D eigenvalue weighted by molar-refractivity contribution is -0.118. The molecular weight excluding hydrogens is 377 g/mol. The van der Waals surface area contributed by atoms with Crippen LogP contribution in [0.25, 0.3) is 0 Å². The summed E-state index contributed by atoms with van der Waals surface area (Å²) < 4.78 is 25.2. The average Bonchev–Trinajstić information content (AvgIpc) is 2.66. The van der Waals surface area contributed by atoms with Crippen LogP contribution in [0.2, 0.25) is 0 Å². The van der Waals surface area contributed by atoms with Crippen molar-refractivity contribution < 1.29 is 23.5 Å². The number of anilines is 2. The van der Waals surface area contributed by atoms with E-state index in [0.717, 1.165) is 19.3 Å². The highest BCUT2D eigenvalue weighted by molar-refractivity contribution is 5.97. The normalized spacial score (nSPS) is 20.9. The highest BCUT2D eigenvalue weighted by Crippen LogP contribution is 2.49. The van der Waals surface area contributed by atoms with Gasteiger partial charge in [0.2, 0.25) is 0 Å². The number of hydrogen-bond acceptors (Lipinski definition) is 4. The molecule has 1 spiro atoms. The number of hydrogen-bond donors (Lipinski definition) is 3. The maximum atomic E-state index is 13.8. The van der Waals surface area contributed by atoms with E-state index in [1.54, 1.807) is 24.3 Å². The first-order chi connectivity index (χ1) is 14.0. The summed E-state index contributed by atoms with van der Waals surface area (Å²) in [5, 5.41) is 8.43. The summed E-state index contributed by atoms with van der Waals surface area (Å²) in [6, 6.07) is 8.67. The van der Waals surface area contributed by atoms with Crippen LogP contribution in [0, 0.1) is 5.82 Å². The second-order valence-electron chi connectivity index (χ2n) is 7.72. The average molecular weight is 397 g/mol. The van der Waals surface area contributed by atoms with Crippen molar-refractivity contribution in [2.24, 2.45) is 0 Å². The Bertz CT molecular complexity index is 1010. The molecule has 7 nitrogen and oxygen atoms in total. The summed E-state index contributed by atoms with van der Waals surface area (Å²) in [6.45, 7) is -0.0261. The zero-order chi connectivity index (χ0) is 20.0. The smallest absolute Gasteiger partial charge is 0.319 e. The van der Waals surface area contributed by atoms with Crippen molar-refractivity contribution in [2.75, 3.05) is 17.2 Å². The molecule has 0 radical (unpaired) electrons. The van der Waals surface area contributed by atoms with Gasteiger partial charge in [-0.25, -0.2) is 9.18 Å². The molecule has 2 aromatic carbocycles. The monoisotopic (exact) mass is 397 g/mol. The zero-order valence-corrected chi connectivity index (χ0v) is 15.6. The number of nitrogens with one attached hydrogen (secondary N) is 3. The first kappa shape index (κ1) is 17.8. The van der Waals surface area contributed by atoms with E-state index >= 15 is 0 Å². The number of urea groups is 1. The second kappa shape index (κ2) is 6.65. The Morgan fingerprint density at radius 3 is 2.79 bits per heavy atom. The van der Waals surface area contributed by atoms with Crippen molar-refractivity contribution in [2.45, 2.75) is 37.3 Å². The Morgan fingerprint density at radius 2 is 2.00 bits per heavy atom. The Morgan fingerprint density at radius 1 is 1.17 bits per heavy atom. The van der Waals surface area contributed by atoms with E-state index in [1.807, 2.05) is 0 Å². The molecule has 1 aliphatic carbocycles. The number of fused-ring (bicyclic) bond motifs is 2. The quantitative estimate of drug-likeness (QED) is 0.721. The van der Waals surface area contributed by atoms with E-state index in [-0.39, 0.29) is 30.0 Å². The minimum atomic E-state index is -0.412. The fraction of sp³-hybridized carbons (Fsp3) is 0.333. The highest BCUT2D eigenvalue weighted by atomic mass is 19.1. The highest BCUT2D eigenvalue weighted by Gasteiger charge is 2.46. The van der Waals surface area contributed by atoms with Crippen LogP contribution in [-0.2, 0) is 4.79 Å². The Hall–Kier alpha value is -3.29. The van der Waals surface area contributed by atoms with Crippen LogP contribution >= 0.6 is 0 Å². The van der Waals surface area contributed by atoms with E-state index in [9.17, 15) is 14.0 Å². The van der Waals surface area contributed by atoms with Crippen LogP contribution in [0.1, 0.15) is 37.3 Å². The predicted molar refractivity (Wildman–Crippen MR) is 104 cm³/mol. The van der Waals surface area contributed by atoms with Crippen molar-refractivity contribution in [3.05, 3.63) is 47.8 Å². The fourth-order valence-corrected chi connectivity index (χ4v) is 4.13. The van der Waals surface area contributed by atoms with Crippen LogP contribution in [0.4, 0.5) is 20.6 Å². The van der Waals surface area contributed by atoms with E-state index in [1.165, 1.54) is 12.1 Å². The van der Waals surface area contributed by atoms with Crippen LogP contribution in [-0.4, -0.2) is 24.1 Å². The van der Waals surface area contributed by atoms with Crippen molar-refractivity contribution in [3.8, 4) is 11.5 Å². The molecule has 0 unspecified atom stereocenters. The maximum absolute atomic E-state index is 13.8. The fourth-order valence-electron chi connectivity index (χ4n) is 4.13.